The van der Waals surface area contributed by atoms with Crippen LogP contribution in [0.3, 0.4) is 0 Å². The molecular formula is C14H24SiSn. The number of fused-ring (bicyclic) bond motifs is 2. The molecule has 0 nitrogen and oxygen atoms in total. The van der Waals surface area contributed by atoms with Crippen LogP contribution < -0.4 is 0 Å². The van der Waals surface area contributed by atoms with E-state index < -0.39 is 26.5 Å². The molecular weight excluding hydrogens is 315 g/mol. The van der Waals surface area contributed by atoms with E-state index in [1.807, 2.05) is 5.20 Å². The number of allylic oxidation sites excluding steroid dienone is 4. The number of rotatable bonds is 0. The first-order valence-corrected chi connectivity index (χ1v) is 18.9. The summed E-state index contributed by atoms with van der Waals surface area (Å²) in [5, 5.41) is 1.94. The van der Waals surface area contributed by atoms with Crippen molar-refractivity contribution >= 4 is 26.5 Å². The molecule has 0 aromatic carbocycles. The van der Waals surface area contributed by atoms with Crippen molar-refractivity contribution < 1.29 is 0 Å². The van der Waals surface area contributed by atoms with Crippen LogP contribution in [-0.2, 0) is 0 Å². The maximum absolute atomic E-state index is 2.73. The summed E-state index contributed by atoms with van der Waals surface area (Å²) in [6.45, 7) is 5.31. The minimum absolute atomic E-state index is 0.982. The van der Waals surface area contributed by atoms with E-state index in [-0.39, 0.29) is 0 Å². The molecule has 2 aliphatic carbocycles. The fraction of sp³-hybridized carbons (Fsp3) is 0.714. The zero-order chi connectivity index (χ0) is 11.6. The van der Waals surface area contributed by atoms with Crippen molar-refractivity contribution in [3.05, 3.63) is 23.4 Å². The first kappa shape index (κ1) is 11.6. The van der Waals surface area contributed by atoms with Crippen LogP contribution in [0.2, 0.25) is 36.4 Å². The third-order valence-electron chi connectivity index (χ3n) is 5.86. The Labute approximate surface area is 105 Å². The second-order valence-corrected chi connectivity index (χ2v) is 26.2. The van der Waals surface area contributed by atoms with E-state index in [2.05, 4.69) is 41.2 Å². The average Bonchev–Trinajstić information content (AvgIpc) is 2.86. The van der Waals surface area contributed by atoms with Crippen LogP contribution in [0.1, 0.15) is 19.3 Å². The third-order valence-corrected chi connectivity index (χ3v) is 25.6. The van der Waals surface area contributed by atoms with Crippen molar-refractivity contribution in [2.45, 2.75) is 55.6 Å². The number of hydrogen-bond acceptors (Lipinski definition) is 0. The van der Waals surface area contributed by atoms with E-state index in [0.717, 1.165) is 9.48 Å². The molecule has 0 N–H and O–H groups in total. The molecule has 2 fully saturated rings. The van der Waals surface area contributed by atoms with Crippen molar-refractivity contribution in [3.8, 4) is 0 Å². The second kappa shape index (κ2) is 3.50. The molecule has 3 atom stereocenters. The minimum atomic E-state index is -1.87. The van der Waals surface area contributed by atoms with E-state index in [1.165, 1.54) is 10.4 Å². The van der Waals surface area contributed by atoms with Crippen LogP contribution in [0.5, 0.6) is 0 Å². The standard InChI is InChI=1S/C12H18Si.2CH3.Sn/c1-13(2,11-7-3-4-8-11)12-9-5-6-10-12;;;/h3-4,7-9,12H,5-6,10H2,1-2H3;2*1H3;. The van der Waals surface area contributed by atoms with Gasteiger partial charge < -0.3 is 0 Å². The Balaban J connectivity index is 2.10. The van der Waals surface area contributed by atoms with Crippen LogP contribution in [0.25, 0.3) is 0 Å². The van der Waals surface area contributed by atoms with Gasteiger partial charge in [0.15, 0.2) is 0 Å². The molecule has 0 bridgehead atoms. The topological polar surface area (TPSA) is 0 Å². The molecule has 0 amide bonds. The fourth-order valence-electron chi connectivity index (χ4n) is 4.90. The predicted octanol–water partition coefficient (Wildman–Crippen LogP) is 4.75. The van der Waals surface area contributed by atoms with Crippen LogP contribution in [0, 0.1) is 0 Å². The zero-order valence-electron chi connectivity index (χ0n) is 11.1. The van der Waals surface area contributed by atoms with Crippen molar-refractivity contribution in [3.63, 3.8) is 0 Å². The molecule has 0 radical (unpaired) electrons. The molecule has 3 unspecified atom stereocenters. The molecule has 2 heteroatoms. The van der Waals surface area contributed by atoms with Crippen molar-refractivity contribution in [2.75, 3.05) is 0 Å². The Kier molecular flexibility index (Phi) is 2.53. The van der Waals surface area contributed by atoms with E-state index in [1.54, 1.807) is 12.8 Å². The first-order chi connectivity index (χ1) is 7.45. The SMILES string of the molecule is C[Si]1(C)C2=CC=C[CH]2[Sn]([CH3])([CH3])[CH]2CCCC21. The number of hydrogen-bond donors (Lipinski definition) is 0. The van der Waals surface area contributed by atoms with E-state index >= 15 is 0 Å². The van der Waals surface area contributed by atoms with Crippen LogP contribution >= 0.6 is 0 Å². The van der Waals surface area contributed by atoms with Gasteiger partial charge in [-0.2, -0.15) is 0 Å². The summed E-state index contributed by atoms with van der Waals surface area (Å²) in [5.74, 6) is 0. The Hall–Kier alpha value is 0.496. The normalized spacial score (nSPS) is 42.8. The molecule has 88 valence electrons. The maximum atomic E-state index is 2.73. The molecule has 0 spiro atoms. The van der Waals surface area contributed by atoms with Gasteiger partial charge in [0.1, 0.15) is 0 Å². The van der Waals surface area contributed by atoms with Gasteiger partial charge in [-0.15, -0.1) is 0 Å². The second-order valence-electron chi connectivity index (χ2n) is 7.17. The molecule has 0 aromatic rings. The monoisotopic (exact) mass is 340 g/mol. The summed E-state index contributed by atoms with van der Waals surface area (Å²) in [6, 6.07) is 0. The Morgan fingerprint density at radius 3 is 2.75 bits per heavy atom. The molecule has 1 heterocycles. The predicted molar refractivity (Wildman–Crippen MR) is 77.3 cm³/mol. The van der Waals surface area contributed by atoms with Gasteiger partial charge in [0.25, 0.3) is 0 Å². The van der Waals surface area contributed by atoms with E-state index in [9.17, 15) is 0 Å². The summed E-state index contributed by atoms with van der Waals surface area (Å²) in [7, 11) is -1.09. The quantitative estimate of drug-likeness (QED) is 0.559. The van der Waals surface area contributed by atoms with Crippen LogP contribution in [0.15, 0.2) is 23.4 Å². The van der Waals surface area contributed by atoms with Crippen molar-refractivity contribution in [2.24, 2.45) is 0 Å². The van der Waals surface area contributed by atoms with Gasteiger partial charge in [0.2, 0.25) is 0 Å². The average molecular weight is 339 g/mol. The van der Waals surface area contributed by atoms with Gasteiger partial charge in [-0.25, -0.2) is 0 Å². The first-order valence-electron chi connectivity index (χ1n) is 6.84. The molecule has 3 rings (SSSR count). The van der Waals surface area contributed by atoms with E-state index in [0.29, 0.717) is 0 Å². The Morgan fingerprint density at radius 1 is 1.25 bits per heavy atom. The summed E-state index contributed by atoms with van der Waals surface area (Å²) in [5.41, 5.74) is 1.15. The zero-order valence-corrected chi connectivity index (χ0v) is 14.9. The molecule has 1 saturated heterocycles. The van der Waals surface area contributed by atoms with Crippen LogP contribution in [0.4, 0.5) is 0 Å². The Bertz CT molecular complexity index is 378. The summed E-state index contributed by atoms with van der Waals surface area (Å²) < 4.78 is 2.19. The van der Waals surface area contributed by atoms with Gasteiger partial charge in [-0.1, -0.05) is 0 Å². The molecule has 0 aromatic heterocycles. The summed E-state index contributed by atoms with van der Waals surface area (Å²) in [6.07, 6.45) is 12.2. The van der Waals surface area contributed by atoms with Gasteiger partial charge in [0.05, 0.1) is 0 Å². The molecule has 1 saturated carbocycles. The Morgan fingerprint density at radius 2 is 2.00 bits per heavy atom. The molecule has 1 aliphatic heterocycles. The molecule has 16 heavy (non-hydrogen) atoms. The van der Waals surface area contributed by atoms with Gasteiger partial charge in [0, 0.05) is 0 Å². The fourth-order valence-corrected chi connectivity index (χ4v) is 32.7. The van der Waals surface area contributed by atoms with Crippen LogP contribution in [-0.4, -0.2) is 26.5 Å². The van der Waals surface area contributed by atoms with Gasteiger partial charge in [-0.3, -0.25) is 0 Å². The summed E-state index contributed by atoms with van der Waals surface area (Å²) in [4.78, 5) is 5.46. The summed E-state index contributed by atoms with van der Waals surface area (Å²) >= 11 is -1.87. The van der Waals surface area contributed by atoms with E-state index in [4.69, 9.17) is 0 Å². The van der Waals surface area contributed by atoms with Gasteiger partial charge >= 0.3 is 106 Å². The van der Waals surface area contributed by atoms with Crippen molar-refractivity contribution in [1.82, 2.24) is 0 Å². The molecule has 3 aliphatic rings. The van der Waals surface area contributed by atoms with Gasteiger partial charge in [-0.05, 0) is 0 Å². The third kappa shape index (κ3) is 1.33. The van der Waals surface area contributed by atoms with Crippen molar-refractivity contribution in [1.29, 1.82) is 0 Å².